The Kier molecular flexibility index (Phi) is 8.62. The lowest BCUT2D eigenvalue weighted by Gasteiger charge is -2.32. The van der Waals surface area contributed by atoms with Crippen molar-refractivity contribution in [3.05, 3.63) is 29.3 Å². The predicted octanol–water partition coefficient (Wildman–Crippen LogP) is 6.84. The van der Waals surface area contributed by atoms with Crippen molar-refractivity contribution in [2.45, 2.75) is 108 Å². The second-order valence-electron chi connectivity index (χ2n) is 7.94. The fourth-order valence-corrected chi connectivity index (χ4v) is 4.90. The van der Waals surface area contributed by atoms with Gasteiger partial charge >= 0.3 is 0 Å². The molecule has 1 aromatic carbocycles. The predicted molar refractivity (Wildman–Crippen MR) is 108 cm³/mol. The van der Waals surface area contributed by atoms with Crippen LogP contribution < -0.4 is 0 Å². The normalized spacial score (nSPS) is 20.1. The Morgan fingerprint density at radius 3 is 2.00 bits per heavy atom. The van der Waals surface area contributed by atoms with Crippen LogP contribution in [0.4, 0.5) is 0 Å². The zero-order chi connectivity index (χ0) is 19.0. The van der Waals surface area contributed by atoms with Gasteiger partial charge in [0.1, 0.15) is 0 Å². The summed E-state index contributed by atoms with van der Waals surface area (Å²) in [5, 5.41) is 0. The summed E-state index contributed by atoms with van der Waals surface area (Å²) < 4.78 is 32.6. The second-order valence-corrected chi connectivity index (χ2v) is 9.36. The fourth-order valence-electron chi connectivity index (χ4n) is 4.39. The number of hydrogen-bond donors (Lipinski definition) is 1. The summed E-state index contributed by atoms with van der Waals surface area (Å²) in [7, 11) is -4.13. The van der Waals surface area contributed by atoms with Gasteiger partial charge in [-0.05, 0) is 60.8 Å². The van der Waals surface area contributed by atoms with E-state index < -0.39 is 10.1 Å². The van der Waals surface area contributed by atoms with Crippen LogP contribution in [0, 0.1) is 0 Å². The highest BCUT2D eigenvalue weighted by Gasteiger charge is 2.28. The van der Waals surface area contributed by atoms with Crippen LogP contribution >= 0.6 is 0 Å². The SMILES string of the molecule is CCCCCCCC1CCC(CCCCC)c2cc(S(=O)(=O)O)ccc21. The first-order valence-electron chi connectivity index (χ1n) is 10.6. The summed E-state index contributed by atoms with van der Waals surface area (Å²) in [5.41, 5.74) is 2.52. The number of fused-ring (bicyclic) bond motifs is 1. The van der Waals surface area contributed by atoms with E-state index in [1.54, 1.807) is 12.1 Å². The third-order valence-electron chi connectivity index (χ3n) is 5.91. The topological polar surface area (TPSA) is 54.4 Å². The molecule has 2 rings (SSSR count). The molecule has 0 saturated heterocycles. The molecule has 2 unspecified atom stereocenters. The highest BCUT2D eigenvalue weighted by Crippen LogP contribution is 2.44. The molecule has 1 aliphatic rings. The molecule has 4 heteroatoms. The summed E-state index contributed by atoms with van der Waals surface area (Å²) in [4.78, 5) is 0.0559. The van der Waals surface area contributed by atoms with Gasteiger partial charge in [-0.25, -0.2) is 0 Å². The molecule has 0 heterocycles. The zero-order valence-corrected chi connectivity index (χ0v) is 17.4. The maximum Gasteiger partial charge on any atom is 0.294 e. The van der Waals surface area contributed by atoms with E-state index in [2.05, 4.69) is 13.8 Å². The van der Waals surface area contributed by atoms with E-state index >= 15 is 0 Å². The smallest absolute Gasteiger partial charge is 0.282 e. The van der Waals surface area contributed by atoms with Gasteiger partial charge in [-0.2, -0.15) is 8.42 Å². The van der Waals surface area contributed by atoms with Crippen molar-refractivity contribution in [2.24, 2.45) is 0 Å². The van der Waals surface area contributed by atoms with Crippen molar-refractivity contribution in [1.82, 2.24) is 0 Å². The molecule has 0 aliphatic heterocycles. The van der Waals surface area contributed by atoms with Crippen LogP contribution in [0.1, 0.15) is 114 Å². The Hall–Kier alpha value is -0.870. The van der Waals surface area contributed by atoms with E-state index in [4.69, 9.17) is 0 Å². The minimum Gasteiger partial charge on any atom is -0.282 e. The second kappa shape index (κ2) is 10.5. The number of benzene rings is 1. The van der Waals surface area contributed by atoms with E-state index in [9.17, 15) is 13.0 Å². The monoisotopic (exact) mass is 380 g/mol. The molecule has 3 nitrogen and oxygen atoms in total. The highest BCUT2D eigenvalue weighted by atomic mass is 32.2. The Morgan fingerprint density at radius 2 is 1.38 bits per heavy atom. The first-order chi connectivity index (χ1) is 12.5. The van der Waals surface area contributed by atoms with Gasteiger partial charge in [0.15, 0.2) is 0 Å². The average molecular weight is 381 g/mol. The van der Waals surface area contributed by atoms with Crippen LogP contribution in [0.25, 0.3) is 0 Å². The zero-order valence-electron chi connectivity index (χ0n) is 16.5. The van der Waals surface area contributed by atoms with Crippen LogP contribution in [0.3, 0.4) is 0 Å². The molecule has 26 heavy (non-hydrogen) atoms. The first kappa shape index (κ1) is 21.4. The molecule has 148 valence electrons. The van der Waals surface area contributed by atoms with Crippen molar-refractivity contribution in [3.63, 3.8) is 0 Å². The van der Waals surface area contributed by atoms with E-state index in [0.717, 1.165) is 12.8 Å². The van der Waals surface area contributed by atoms with Crippen LogP contribution in [-0.4, -0.2) is 13.0 Å². The first-order valence-corrected chi connectivity index (χ1v) is 12.0. The molecule has 0 fully saturated rings. The molecular weight excluding hydrogens is 344 g/mol. The van der Waals surface area contributed by atoms with Crippen molar-refractivity contribution in [1.29, 1.82) is 0 Å². The van der Waals surface area contributed by atoms with E-state index in [1.807, 2.05) is 6.07 Å². The largest absolute Gasteiger partial charge is 0.294 e. The standard InChI is InChI=1S/C22H36O3S/c1-3-5-7-8-10-12-18-13-14-19(11-9-6-4-2)22-17-20(26(23,24)25)15-16-21(18)22/h15-19H,3-14H2,1-2H3,(H,23,24,25). The number of unbranched alkanes of at least 4 members (excludes halogenated alkanes) is 6. The fraction of sp³-hybridized carbons (Fsp3) is 0.727. The summed E-state index contributed by atoms with van der Waals surface area (Å²) in [6.07, 6.45) is 14.7. The van der Waals surface area contributed by atoms with Gasteiger partial charge in [-0.15, -0.1) is 0 Å². The third-order valence-corrected chi connectivity index (χ3v) is 6.76. The number of hydrogen-bond acceptors (Lipinski definition) is 2. The van der Waals surface area contributed by atoms with E-state index in [-0.39, 0.29) is 4.90 Å². The molecule has 0 bridgehead atoms. The Balaban J connectivity index is 2.14. The number of rotatable bonds is 11. The molecule has 0 radical (unpaired) electrons. The highest BCUT2D eigenvalue weighted by molar-refractivity contribution is 7.85. The molecule has 0 spiro atoms. The minimum atomic E-state index is -4.13. The molecule has 0 aromatic heterocycles. The molecule has 1 N–H and O–H groups in total. The lowest BCUT2D eigenvalue weighted by Crippen LogP contribution is -2.16. The van der Waals surface area contributed by atoms with Gasteiger partial charge < -0.3 is 0 Å². The van der Waals surface area contributed by atoms with Gasteiger partial charge in [0.05, 0.1) is 4.90 Å². The summed E-state index contributed by atoms with van der Waals surface area (Å²) >= 11 is 0. The van der Waals surface area contributed by atoms with Crippen LogP contribution in [0.5, 0.6) is 0 Å². The van der Waals surface area contributed by atoms with Gasteiger partial charge in [0.25, 0.3) is 10.1 Å². The van der Waals surface area contributed by atoms with Crippen molar-refractivity contribution in [3.8, 4) is 0 Å². The summed E-state index contributed by atoms with van der Waals surface area (Å²) in [6.45, 7) is 4.45. The van der Waals surface area contributed by atoms with Crippen molar-refractivity contribution >= 4 is 10.1 Å². The van der Waals surface area contributed by atoms with Crippen LogP contribution in [-0.2, 0) is 10.1 Å². The Morgan fingerprint density at radius 1 is 0.846 bits per heavy atom. The lowest BCUT2D eigenvalue weighted by atomic mass is 9.73. The maximum absolute atomic E-state index is 11.6. The molecular formula is C22H36O3S. The van der Waals surface area contributed by atoms with E-state index in [0.29, 0.717) is 11.8 Å². The minimum absolute atomic E-state index is 0.0559. The molecule has 0 saturated carbocycles. The van der Waals surface area contributed by atoms with Crippen molar-refractivity contribution < 1.29 is 13.0 Å². The third kappa shape index (κ3) is 6.09. The van der Waals surface area contributed by atoms with Gasteiger partial charge in [0.2, 0.25) is 0 Å². The Labute approximate surface area is 160 Å². The molecule has 1 aliphatic carbocycles. The van der Waals surface area contributed by atoms with Crippen LogP contribution in [0.2, 0.25) is 0 Å². The van der Waals surface area contributed by atoms with E-state index in [1.165, 1.54) is 75.3 Å². The van der Waals surface area contributed by atoms with Crippen molar-refractivity contribution in [2.75, 3.05) is 0 Å². The molecule has 2 atom stereocenters. The van der Waals surface area contributed by atoms with Gasteiger partial charge in [0, 0.05) is 0 Å². The summed E-state index contributed by atoms with van der Waals surface area (Å²) in [5.74, 6) is 0.985. The van der Waals surface area contributed by atoms with Gasteiger partial charge in [-0.3, -0.25) is 4.55 Å². The average Bonchev–Trinajstić information content (AvgIpc) is 2.61. The Bertz CT molecular complexity index is 651. The van der Waals surface area contributed by atoms with Gasteiger partial charge in [-0.1, -0.05) is 71.3 Å². The summed E-state index contributed by atoms with van der Waals surface area (Å²) in [6, 6.07) is 5.32. The molecule has 1 aromatic rings. The van der Waals surface area contributed by atoms with Crippen LogP contribution in [0.15, 0.2) is 23.1 Å². The quantitative estimate of drug-likeness (QED) is 0.338. The molecule has 0 amide bonds. The maximum atomic E-state index is 11.6. The lowest BCUT2D eigenvalue weighted by molar-refractivity contribution is 0.421.